The van der Waals surface area contributed by atoms with Gasteiger partial charge in [0, 0.05) is 56.4 Å². The second-order valence-electron chi connectivity index (χ2n) is 7.98. The van der Waals surface area contributed by atoms with Crippen LogP contribution in [0.5, 0.6) is 0 Å². The van der Waals surface area contributed by atoms with Crippen LogP contribution in [0.25, 0.3) is 22.0 Å². The van der Waals surface area contributed by atoms with E-state index in [-0.39, 0.29) is 0 Å². The quantitative estimate of drug-likeness (QED) is 0.666. The number of fused-ring (bicyclic) bond motifs is 1. The molecular weight excluding hydrogens is 374 g/mol. The molecule has 0 saturated carbocycles. The molecule has 0 radical (unpaired) electrons. The van der Waals surface area contributed by atoms with E-state index in [0.29, 0.717) is 0 Å². The number of anilines is 2. The van der Waals surface area contributed by atoms with Gasteiger partial charge in [-0.25, -0.2) is 9.97 Å². The highest BCUT2D eigenvalue weighted by atomic mass is 16.5. The van der Waals surface area contributed by atoms with E-state index in [1.165, 1.54) is 10.8 Å². The predicted octanol–water partition coefficient (Wildman–Crippen LogP) is 3.28. The van der Waals surface area contributed by atoms with E-state index in [2.05, 4.69) is 64.1 Å². The normalized spacial score (nSPS) is 18.2. The van der Waals surface area contributed by atoms with Gasteiger partial charge in [-0.3, -0.25) is 0 Å². The van der Waals surface area contributed by atoms with Crippen LogP contribution in [0.2, 0.25) is 0 Å². The summed E-state index contributed by atoms with van der Waals surface area (Å²) in [5.41, 5.74) is 2.05. The minimum atomic E-state index is 0.768. The van der Waals surface area contributed by atoms with E-state index >= 15 is 0 Å². The monoisotopic (exact) mass is 403 g/mol. The molecule has 0 amide bonds. The van der Waals surface area contributed by atoms with Gasteiger partial charge in [0.1, 0.15) is 11.6 Å². The molecule has 2 fully saturated rings. The Morgan fingerprint density at radius 2 is 1.70 bits per heavy atom. The fourth-order valence-corrected chi connectivity index (χ4v) is 4.36. The van der Waals surface area contributed by atoms with Crippen molar-refractivity contribution in [3.05, 3.63) is 48.7 Å². The molecule has 1 aromatic carbocycles. The number of hydrogen-bond donors (Lipinski definition) is 0. The molecule has 156 valence electrons. The van der Waals surface area contributed by atoms with Crippen molar-refractivity contribution < 1.29 is 4.74 Å². The van der Waals surface area contributed by atoms with Crippen LogP contribution >= 0.6 is 0 Å². The molecule has 3 aromatic rings. The number of aromatic nitrogens is 2. The Morgan fingerprint density at radius 3 is 2.43 bits per heavy atom. The Morgan fingerprint density at radius 1 is 0.900 bits per heavy atom. The summed E-state index contributed by atoms with van der Waals surface area (Å²) in [6, 6.07) is 15.0. The summed E-state index contributed by atoms with van der Waals surface area (Å²) < 4.78 is 5.45. The number of pyridine rings is 2. The van der Waals surface area contributed by atoms with Gasteiger partial charge in [-0.15, -0.1) is 0 Å². The van der Waals surface area contributed by atoms with Crippen LogP contribution in [0, 0.1) is 0 Å². The zero-order valence-corrected chi connectivity index (χ0v) is 17.6. The molecule has 2 aliphatic heterocycles. The van der Waals surface area contributed by atoms with Gasteiger partial charge in [0.25, 0.3) is 0 Å². The van der Waals surface area contributed by atoms with Crippen molar-refractivity contribution in [3.8, 4) is 11.3 Å². The number of benzene rings is 1. The minimum absolute atomic E-state index is 0.768. The Labute approximate surface area is 178 Å². The summed E-state index contributed by atoms with van der Waals surface area (Å²) in [7, 11) is 0. The number of likely N-dealkylation sites (N-methyl/N-ethyl adjacent to an activating group) is 1. The lowest BCUT2D eigenvalue weighted by Gasteiger charge is -2.35. The van der Waals surface area contributed by atoms with Gasteiger partial charge >= 0.3 is 0 Å². The first-order valence-electron chi connectivity index (χ1n) is 11.0. The molecule has 2 aliphatic rings. The first-order chi connectivity index (χ1) is 14.8. The van der Waals surface area contributed by atoms with E-state index in [0.717, 1.165) is 81.9 Å². The first kappa shape index (κ1) is 19.3. The smallest absolute Gasteiger partial charge is 0.137 e. The summed E-state index contributed by atoms with van der Waals surface area (Å²) in [6.45, 7) is 10.9. The second kappa shape index (κ2) is 8.58. The Hall–Kier alpha value is -2.70. The lowest BCUT2D eigenvalue weighted by atomic mass is 10.1. The Bertz CT molecular complexity index is 992. The molecule has 0 spiro atoms. The van der Waals surface area contributed by atoms with E-state index < -0.39 is 0 Å². The highest BCUT2D eigenvalue weighted by Crippen LogP contribution is 2.31. The molecular formula is C24H29N5O. The molecule has 0 unspecified atom stereocenters. The number of piperazine rings is 1. The van der Waals surface area contributed by atoms with Crippen molar-refractivity contribution in [2.75, 3.05) is 68.8 Å². The van der Waals surface area contributed by atoms with Crippen molar-refractivity contribution in [2.24, 2.45) is 0 Å². The first-order valence-corrected chi connectivity index (χ1v) is 11.0. The summed E-state index contributed by atoms with van der Waals surface area (Å²) in [4.78, 5) is 17.1. The van der Waals surface area contributed by atoms with Gasteiger partial charge in [0.05, 0.1) is 18.9 Å². The Balaban J connectivity index is 1.47. The molecule has 6 nitrogen and oxygen atoms in total. The van der Waals surface area contributed by atoms with Crippen LogP contribution in [-0.4, -0.2) is 73.9 Å². The van der Waals surface area contributed by atoms with Gasteiger partial charge in [-0.2, -0.15) is 0 Å². The zero-order valence-electron chi connectivity index (χ0n) is 17.6. The molecule has 6 heteroatoms. The molecule has 0 N–H and O–H groups in total. The average Bonchev–Trinajstić information content (AvgIpc) is 2.84. The van der Waals surface area contributed by atoms with Gasteiger partial charge in [0.15, 0.2) is 0 Å². The summed E-state index contributed by atoms with van der Waals surface area (Å²) >= 11 is 0. The van der Waals surface area contributed by atoms with Gasteiger partial charge in [-0.05, 0) is 30.1 Å². The van der Waals surface area contributed by atoms with Crippen molar-refractivity contribution in [1.29, 1.82) is 0 Å². The number of morpholine rings is 1. The van der Waals surface area contributed by atoms with Crippen molar-refractivity contribution in [3.63, 3.8) is 0 Å². The third kappa shape index (κ3) is 3.85. The third-order valence-electron chi connectivity index (χ3n) is 6.22. The highest BCUT2D eigenvalue weighted by molar-refractivity contribution is 5.95. The van der Waals surface area contributed by atoms with Crippen LogP contribution < -0.4 is 9.80 Å². The van der Waals surface area contributed by atoms with Gasteiger partial charge < -0.3 is 19.4 Å². The molecule has 2 aromatic heterocycles. The molecule has 30 heavy (non-hydrogen) atoms. The highest BCUT2D eigenvalue weighted by Gasteiger charge is 2.20. The second-order valence-corrected chi connectivity index (χ2v) is 7.98. The maximum absolute atomic E-state index is 5.45. The third-order valence-corrected chi connectivity index (χ3v) is 6.22. The molecule has 0 bridgehead atoms. The summed E-state index contributed by atoms with van der Waals surface area (Å²) in [5, 5.41) is 2.46. The number of ether oxygens (including phenoxy) is 1. The standard InChI is InChI=1S/C24H29N5O/c1-2-27-9-11-29(12-10-27)24-21-6-4-3-5-19(21)17-22(26-24)20-7-8-23(25-18-20)28-13-15-30-16-14-28/h3-8,17-18H,2,9-16H2,1H3. The van der Waals surface area contributed by atoms with Crippen LogP contribution in [0.3, 0.4) is 0 Å². The van der Waals surface area contributed by atoms with E-state index in [1.807, 2.05) is 6.20 Å². The zero-order chi connectivity index (χ0) is 20.3. The molecule has 0 atom stereocenters. The van der Waals surface area contributed by atoms with Crippen molar-refractivity contribution >= 4 is 22.4 Å². The molecule has 5 rings (SSSR count). The topological polar surface area (TPSA) is 44.7 Å². The van der Waals surface area contributed by atoms with E-state index in [4.69, 9.17) is 14.7 Å². The van der Waals surface area contributed by atoms with Crippen molar-refractivity contribution in [2.45, 2.75) is 6.92 Å². The number of hydrogen-bond acceptors (Lipinski definition) is 6. The van der Waals surface area contributed by atoms with Crippen molar-refractivity contribution in [1.82, 2.24) is 14.9 Å². The fraction of sp³-hybridized carbons (Fsp3) is 0.417. The molecule has 4 heterocycles. The minimum Gasteiger partial charge on any atom is -0.378 e. The number of rotatable bonds is 4. The molecule has 0 aliphatic carbocycles. The Kier molecular flexibility index (Phi) is 5.51. The van der Waals surface area contributed by atoms with E-state index in [9.17, 15) is 0 Å². The van der Waals surface area contributed by atoms with Crippen LogP contribution in [-0.2, 0) is 4.74 Å². The van der Waals surface area contributed by atoms with Gasteiger partial charge in [0.2, 0.25) is 0 Å². The largest absolute Gasteiger partial charge is 0.378 e. The average molecular weight is 404 g/mol. The maximum Gasteiger partial charge on any atom is 0.137 e. The van der Waals surface area contributed by atoms with Crippen LogP contribution in [0.4, 0.5) is 11.6 Å². The molecule has 2 saturated heterocycles. The number of nitrogens with zero attached hydrogens (tertiary/aromatic N) is 5. The fourth-order valence-electron chi connectivity index (χ4n) is 4.36. The predicted molar refractivity (Wildman–Crippen MR) is 122 cm³/mol. The lowest BCUT2D eigenvalue weighted by Crippen LogP contribution is -2.46. The summed E-state index contributed by atoms with van der Waals surface area (Å²) in [6.07, 6.45) is 1.96. The van der Waals surface area contributed by atoms with E-state index in [1.54, 1.807) is 0 Å². The van der Waals surface area contributed by atoms with Crippen LogP contribution in [0.15, 0.2) is 48.7 Å². The maximum atomic E-state index is 5.45. The summed E-state index contributed by atoms with van der Waals surface area (Å²) in [5.74, 6) is 2.11. The lowest BCUT2D eigenvalue weighted by molar-refractivity contribution is 0.122. The van der Waals surface area contributed by atoms with Gasteiger partial charge in [-0.1, -0.05) is 31.2 Å². The van der Waals surface area contributed by atoms with Crippen LogP contribution in [0.1, 0.15) is 6.92 Å². The SMILES string of the molecule is CCN1CCN(c2nc(-c3ccc(N4CCOCC4)nc3)cc3ccccc23)CC1.